The molecule has 0 aliphatic heterocycles. The topological polar surface area (TPSA) is 32.7 Å². The smallest absolute Gasteiger partial charge is 0.0602 e. The zero-order valence-electron chi connectivity index (χ0n) is 10.0. The number of alkyl halides is 1. The summed E-state index contributed by atoms with van der Waals surface area (Å²) in [5.41, 5.74) is 0. The molecule has 0 heterocycles. The first kappa shape index (κ1) is 14.2. The van der Waals surface area contributed by atoms with Crippen LogP contribution in [-0.2, 0) is 4.74 Å². The Labute approximate surface area is 104 Å². The summed E-state index contributed by atoms with van der Waals surface area (Å²) in [6, 6.07) is 0.653. The number of aliphatic hydroxyl groups excluding tert-OH is 1. The highest BCUT2D eigenvalue weighted by Gasteiger charge is 2.20. The third kappa shape index (κ3) is 5.48. The Morgan fingerprint density at radius 2 is 1.88 bits per heavy atom. The van der Waals surface area contributed by atoms with Crippen molar-refractivity contribution in [1.82, 2.24) is 4.90 Å². The summed E-state index contributed by atoms with van der Waals surface area (Å²) in [7, 11) is 0. The molecule has 1 rings (SSSR count). The highest BCUT2D eigenvalue weighted by Crippen LogP contribution is 2.22. The van der Waals surface area contributed by atoms with Crippen LogP contribution >= 0.6 is 11.6 Å². The third-order valence-corrected chi connectivity index (χ3v) is 3.38. The number of halogens is 1. The SMILES string of the molecule is OCCN(CCOCCCl)C1CCCCC1. The van der Waals surface area contributed by atoms with Crippen molar-refractivity contribution in [3.63, 3.8) is 0 Å². The lowest BCUT2D eigenvalue weighted by molar-refractivity contribution is 0.0710. The molecule has 16 heavy (non-hydrogen) atoms. The first-order valence-corrected chi connectivity index (χ1v) is 6.90. The van der Waals surface area contributed by atoms with Crippen LogP contribution in [0.1, 0.15) is 32.1 Å². The molecule has 1 fully saturated rings. The maximum Gasteiger partial charge on any atom is 0.0602 e. The molecule has 4 heteroatoms. The van der Waals surface area contributed by atoms with E-state index < -0.39 is 0 Å². The number of nitrogens with zero attached hydrogens (tertiary/aromatic N) is 1. The largest absolute Gasteiger partial charge is 0.395 e. The molecule has 1 N–H and O–H groups in total. The quantitative estimate of drug-likeness (QED) is 0.527. The van der Waals surface area contributed by atoms with E-state index in [2.05, 4.69) is 4.90 Å². The standard InChI is InChI=1S/C12H24ClNO2/c13-6-10-16-11-8-14(7-9-15)12-4-2-1-3-5-12/h12,15H,1-11H2. The van der Waals surface area contributed by atoms with Crippen molar-refractivity contribution in [2.45, 2.75) is 38.1 Å². The van der Waals surface area contributed by atoms with Crippen molar-refractivity contribution < 1.29 is 9.84 Å². The minimum Gasteiger partial charge on any atom is -0.395 e. The van der Waals surface area contributed by atoms with Crippen molar-refractivity contribution in [1.29, 1.82) is 0 Å². The van der Waals surface area contributed by atoms with Crippen LogP contribution in [0.15, 0.2) is 0 Å². The van der Waals surface area contributed by atoms with Crippen LogP contribution < -0.4 is 0 Å². The highest BCUT2D eigenvalue weighted by molar-refractivity contribution is 6.17. The average Bonchev–Trinajstić information content (AvgIpc) is 2.34. The van der Waals surface area contributed by atoms with E-state index >= 15 is 0 Å². The van der Waals surface area contributed by atoms with Gasteiger partial charge >= 0.3 is 0 Å². The van der Waals surface area contributed by atoms with Gasteiger partial charge in [-0.3, -0.25) is 4.90 Å². The van der Waals surface area contributed by atoms with Gasteiger partial charge in [-0.15, -0.1) is 11.6 Å². The second-order valence-corrected chi connectivity index (χ2v) is 4.73. The van der Waals surface area contributed by atoms with Crippen LogP contribution in [0.5, 0.6) is 0 Å². The monoisotopic (exact) mass is 249 g/mol. The van der Waals surface area contributed by atoms with E-state index in [9.17, 15) is 0 Å². The van der Waals surface area contributed by atoms with E-state index in [1.54, 1.807) is 0 Å². The number of ether oxygens (including phenoxy) is 1. The Hall–Kier alpha value is 0.170. The molecule has 0 radical (unpaired) electrons. The molecule has 96 valence electrons. The molecule has 0 aromatic rings. The zero-order valence-corrected chi connectivity index (χ0v) is 10.8. The first-order valence-electron chi connectivity index (χ1n) is 6.37. The number of hydrogen-bond donors (Lipinski definition) is 1. The van der Waals surface area contributed by atoms with Gasteiger partial charge in [0.05, 0.1) is 19.8 Å². The van der Waals surface area contributed by atoms with E-state index in [4.69, 9.17) is 21.4 Å². The summed E-state index contributed by atoms with van der Waals surface area (Å²) in [4.78, 5) is 2.37. The first-order chi connectivity index (χ1) is 7.88. The van der Waals surface area contributed by atoms with Crippen LogP contribution in [0, 0.1) is 0 Å². The van der Waals surface area contributed by atoms with Gasteiger partial charge in [0, 0.05) is 25.0 Å². The van der Waals surface area contributed by atoms with Gasteiger partial charge in [-0.1, -0.05) is 19.3 Å². The summed E-state index contributed by atoms with van der Waals surface area (Å²) in [5.74, 6) is 0.559. The van der Waals surface area contributed by atoms with Gasteiger partial charge in [-0.2, -0.15) is 0 Å². The van der Waals surface area contributed by atoms with Gasteiger partial charge < -0.3 is 9.84 Å². The van der Waals surface area contributed by atoms with Gasteiger partial charge in [-0.05, 0) is 12.8 Å². The molecule has 1 aliphatic carbocycles. The van der Waals surface area contributed by atoms with Crippen molar-refractivity contribution in [2.75, 3.05) is 38.8 Å². The van der Waals surface area contributed by atoms with Crippen LogP contribution in [0.2, 0.25) is 0 Å². The molecule has 0 atom stereocenters. The van der Waals surface area contributed by atoms with E-state index in [0.29, 0.717) is 18.5 Å². The Balaban J connectivity index is 2.22. The third-order valence-electron chi connectivity index (χ3n) is 3.22. The predicted molar refractivity (Wildman–Crippen MR) is 67.1 cm³/mol. The van der Waals surface area contributed by atoms with Crippen LogP contribution in [0.4, 0.5) is 0 Å². The normalized spacial score (nSPS) is 18.2. The molecule has 1 saturated carbocycles. The molecule has 1 aliphatic rings. The Bertz CT molecular complexity index is 163. The van der Waals surface area contributed by atoms with E-state index in [1.165, 1.54) is 32.1 Å². The summed E-state index contributed by atoms with van der Waals surface area (Å²) in [5, 5.41) is 9.07. The Kier molecular flexibility index (Phi) is 8.21. The lowest BCUT2D eigenvalue weighted by atomic mass is 9.94. The van der Waals surface area contributed by atoms with Crippen molar-refractivity contribution in [2.24, 2.45) is 0 Å². The maximum absolute atomic E-state index is 9.07. The van der Waals surface area contributed by atoms with Crippen LogP contribution in [0.25, 0.3) is 0 Å². The summed E-state index contributed by atoms with van der Waals surface area (Å²) >= 11 is 5.55. The van der Waals surface area contributed by atoms with Crippen molar-refractivity contribution in [3.8, 4) is 0 Å². The van der Waals surface area contributed by atoms with E-state index in [0.717, 1.165) is 19.7 Å². The maximum atomic E-state index is 9.07. The fourth-order valence-electron chi connectivity index (χ4n) is 2.39. The molecular formula is C12H24ClNO2. The predicted octanol–water partition coefficient (Wildman–Crippen LogP) is 1.87. The zero-order chi connectivity index (χ0) is 11.6. The van der Waals surface area contributed by atoms with Gasteiger partial charge in [-0.25, -0.2) is 0 Å². The Morgan fingerprint density at radius 1 is 1.12 bits per heavy atom. The van der Waals surface area contributed by atoms with Gasteiger partial charge in [0.15, 0.2) is 0 Å². The highest BCUT2D eigenvalue weighted by atomic mass is 35.5. The molecule has 0 aromatic heterocycles. The average molecular weight is 250 g/mol. The number of hydrogen-bond acceptors (Lipinski definition) is 3. The molecule has 0 saturated heterocycles. The number of aliphatic hydroxyl groups is 1. The summed E-state index contributed by atoms with van der Waals surface area (Å²) in [6.07, 6.45) is 6.57. The van der Waals surface area contributed by atoms with Crippen molar-refractivity contribution >= 4 is 11.6 Å². The van der Waals surface area contributed by atoms with Gasteiger partial charge in [0.25, 0.3) is 0 Å². The molecule has 0 bridgehead atoms. The second kappa shape index (κ2) is 9.23. The lowest BCUT2D eigenvalue weighted by Crippen LogP contribution is -2.40. The second-order valence-electron chi connectivity index (χ2n) is 4.35. The molecular weight excluding hydrogens is 226 g/mol. The van der Waals surface area contributed by atoms with E-state index in [-0.39, 0.29) is 6.61 Å². The summed E-state index contributed by atoms with van der Waals surface area (Å²) < 4.78 is 5.40. The van der Waals surface area contributed by atoms with Crippen LogP contribution in [-0.4, -0.2) is 54.8 Å². The van der Waals surface area contributed by atoms with Crippen molar-refractivity contribution in [3.05, 3.63) is 0 Å². The Morgan fingerprint density at radius 3 is 2.50 bits per heavy atom. The fraction of sp³-hybridized carbons (Fsp3) is 1.00. The molecule has 0 unspecified atom stereocenters. The molecule has 3 nitrogen and oxygen atoms in total. The number of rotatable bonds is 8. The molecule has 0 aromatic carbocycles. The van der Waals surface area contributed by atoms with E-state index in [1.807, 2.05) is 0 Å². The lowest BCUT2D eigenvalue weighted by Gasteiger charge is -2.33. The molecule has 0 amide bonds. The van der Waals surface area contributed by atoms with Crippen LogP contribution in [0.3, 0.4) is 0 Å². The summed E-state index contributed by atoms with van der Waals surface area (Å²) in [6.45, 7) is 3.28. The van der Waals surface area contributed by atoms with Gasteiger partial charge in [0.2, 0.25) is 0 Å². The fourth-order valence-corrected chi connectivity index (χ4v) is 2.50. The minimum absolute atomic E-state index is 0.242. The van der Waals surface area contributed by atoms with Gasteiger partial charge in [0.1, 0.15) is 0 Å². The molecule has 0 spiro atoms. The minimum atomic E-state index is 0.242.